The topological polar surface area (TPSA) is 55.4 Å². The molecule has 1 heterocycles. The molecule has 0 spiro atoms. The number of nitrogens with one attached hydrogen (secondary N) is 1. The van der Waals surface area contributed by atoms with Crippen molar-refractivity contribution in [3.8, 4) is 0 Å². The number of alkyl carbamates (subject to hydrolysis) is 1. The maximum absolute atomic E-state index is 11.2. The lowest BCUT2D eigenvalue weighted by Gasteiger charge is -2.24. The fourth-order valence-electron chi connectivity index (χ4n) is 2.15. The molecule has 1 N–H and O–H groups in total. The average Bonchev–Trinajstić information content (AvgIpc) is 2.47. The summed E-state index contributed by atoms with van der Waals surface area (Å²) in [6, 6.07) is -0.368. The van der Waals surface area contributed by atoms with E-state index in [4.69, 9.17) is 0 Å². The predicted molar refractivity (Wildman–Crippen MR) is 45.0 cm³/mol. The van der Waals surface area contributed by atoms with E-state index in [1.165, 1.54) is 6.42 Å². The summed E-state index contributed by atoms with van der Waals surface area (Å²) >= 11 is 0. The van der Waals surface area contributed by atoms with Crippen LogP contribution in [0.2, 0.25) is 0 Å². The van der Waals surface area contributed by atoms with Crippen molar-refractivity contribution in [2.24, 2.45) is 5.92 Å². The van der Waals surface area contributed by atoms with Crippen molar-refractivity contribution < 1.29 is 14.3 Å². The maximum atomic E-state index is 11.2. The van der Waals surface area contributed by atoms with Gasteiger partial charge in [0.25, 0.3) is 0 Å². The van der Waals surface area contributed by atoms with Gasteiger partial charge in [-0.1, -0.05) is 19.3 Å². The number of cyclic esters (lactones) is 2. The molecule has 1 saturated carbocycles. The number of ether oxygens (including phenoxy) is 1. The molecule has 1 aliphatic carbocycles. The molecule has 2 fully saturated rings. The average molecular weight is 183 g/mol. The first-order valence-corrected chi connectivity index (χ1v) is 4.79. The summed E-state index contributed by atoms with van der Waals surface area (Å²) in [6.07, 6.45) is 5.03. The van der Waals surface area contributed by atoms with Crippen molar-refractivity contribution in [2.75, 3.05) is 0 Å². The van der Waals surface area contributed by atoms with Gasteiger partial charge in [-0.05, 0) is 18.8 Å². The minimum absolute atomic E-state index is 0.299. The van der Waals surface area contributed by atoms with E-state index < -0.39 is 12.1 Å². The Bertz CT molecular complexity index is 233. The number of amides is 1. The van der Waals surface area contributed by atoms with Gasteiger partial charge in [0, 0.05) is 0 Å². The molecule has 0 bridgehead atoms. The van der Waals surface area contributed by atoms with Crippen LogP contribution >= 0.6 is 0 Å². The molecule has 1 saturated heterocycles. The molecule has 4 nitrogen and oxygen atoms in total. The van der Waals surface area contributed by atoms with E-state index in [-0.39, 0.29) is 6.04 Å². The van der Waals surface area contributed by atoms with Gasteiger partial charge in [-0.15, -0.1) is 0 Å². The lowest BCUT2D eigenvalue weighted by molar-refractivity contribution is -0.136. The lowest BCUT2D eigenvalue weighted by atomic mass is 9.84. The van der Waals surface area contributed by atoms with Crippen LogP contribution in [0.5, 0.6) is 0 Å². The van der Waals surface area contributed by atoms with E-state index in [9.17, 15) is 9.59 Å². The van der Waals surface area contributed by atoms with E-state index in [2.05, 4.69) is 10.1 Å². The summed E-state index contributed by atoms with van der Waals surface area (Å²) in [6.45, 7) is 0. The molecule has 72 valence electrons. The van der Waals surface area contributed by atoms with Crippen molar-refractivity contribution >= 4 is 12.1 Å². The zero-order chi connectivity index (χ0) is 9.26. The van der Waals surface area contributed by atoms with E-state index >= 15 is 0 Å². The molecule has 1 amide bonds. The van der Waals surface area contributed by atoms with Crippen LogP contribution in [0.15, 0.2) is 0 Å². The van der Waals surface area contributed by atoms with Gasteiger partial charge in [0.05, 0.1) is 0 Å². The highest BCUT2D eigenvalue weighted by molar-refractivity contribution is 5.95. The molecule has 13 heavy (non-hydrogen) atoms. The van der Waals surface area contributed by atoms with Gasteiger partial charge in [0.2, 0.25) is 0 Å². The number of esters is 1. The van der Waals surface area contributed by atoms with Crippen molar-refractivity contribution in [2.45, 2.75) is 38.1 Å². The summed E-state index contributed by atoms with van der Waals surface area (Å²) in [5.41, 5.74) is 0. The highest BCUT2D eigenvalue weighted by atomic mass is 16.6. The van der Waals surface area contributed by atoms with Crippen LogP contribution in [0.3, 0.4) is 0 Å². The molecule has 0 aromatic heterocycles. The third-order valence-electron chi connectivity index (χ3n) is 2.84. The van der Waals surface area contributed by atoms with Gasteiger partial charge >= 0.3 is 12.1 Å². The van der Waals surface area contributed by atoms with Gasteiger partial charge in [-0.3, -0.25) is 0 Å². The fraction of sp³-hybridized carbons (Fsp3) is 0.778. The van der Waals surface area contributed by atoms with Gasteiger partial charge in [-0.2, -0.15) is 0 Å². The second-order valence-corrected chi connectivity index (χ2v) is 3.73. The first kappa shape index (κ1) is 8.53. The Balaban J connectivity index is 1.99. The van der Waals surface area contributed by atoms with Gasteiger partial charge in [-0.25, -0.2) is 9.59 Å². The number of carbonyl (C=O) groups is 2. The van der Waals surface area contributed by atoms with Crippen LogP contribution in [0.1, 0.15) is 32.1 Å². The highest BCUT2D eigenvalue weighted by Crippen LogP contribution is 2.28. The lowest BCUT2D eigenvalue weighted by Crippen LogP contribution is -2.37. The Hall–Kier alpha value is -1.06. The van der Waals surface area contributed by atoms with E-state index in [0.717, 1.165) is 25.7 Å². The van der Waals surface area contributed by atoms with E-state index in [1.807, 2.05) is 0 Å². The largest absolute Gasteiger partial charge is 0.415 e. The Morgan fingerprint density at radius 3 is 2.38 bits per heavy atom. The Morgan fingerprint density at radius 2 is 1.85 bits per heavy atom. The summed E-state index contributed by atoms with van der Waals surface area (Å²) in [7, 11) is 0. The minimum atomic E-state index is -0.583. The van der Waals surface area contributed by atoms with Crippen LogP contribution in [0.4, 0.5) is 4.79 Å². The zero-order valence-corrected chi connectivity index (χ0v) is 7.41. The fourth-order valence-corrected chi connectivity index (χ4v) is 2.15. The molecule has 1 atom stereocenters. The van der Waals surface area contributed by atoms with Gasteiger partial charge in [0.15, 0.2) is 0 Å². The van der Waals surface area contributed by atoms with Crippen molar-refractivity contribution in [1.29, 1.82) is 0 Å². The molecular formula is C9H13NO3. The third kappa shape index (κ3) is 1.66. The molecule has 0 radical (unpaired) electrons. The summed E-state index contributed by atoms with van der Waals surface area (Å²) in [5, 5.41) is 2.56. The quantitative estimate of drug-likeness (QED) is 0.491. The minimum Gasteiger partial charge on any atom is -0.375 e. The molecule has 0 aromatic carbocycles. The first-order chi connectivity index (χ1) is 6.27. The monoisotopic (exact) mass is 183 g/mol. The number of rotatable bonds is 1. The number of hydrogen-bond acceptors (Lipinski definition) is 3. The van der Waals surface area contributed by atoms with Crippen LogP contribution in [-0.4, -0.2) is 18.1 Å². The third-order valence-corrected chi connectivity index (χ3v) is 2.84. The zero-order valence-electron chi connectivity index (χ0n) is 7.41. The summed E-state index contributed by atoms with van der Waals surface area (Å²) < 4.78 is 4.44. The molecule has 2 aliphatic rings. The number of carbonyl (C=O) groups excluding carboxylic acids is 2. The summed E-state index contributed by atoms with van der Waals surface area (Å²) in [5.74, 6) is -0.0930. The summed E-state index contributed by atoms with van der Waals surface area (Å²) in [4.78, 5) is 21.9. The molecule has 2 rings (SSSR count). The Kier molecular flexibility index (Phi) is 2.20. The van der Waals surface area contributed by atoms with Crippen molar-refractivity contribution in [1.82, 2.24) is 5.32 Å². The Labute approximate surface area is 76.6 Å². The maximum Gasteiger partial charge on any atom is 0.415 e. The molecule has 4 heteroatoms. The Morgan fingerprint density at radius 1 is 1.15 bits per heavy atom. The SMILES string of the molecule is O=C1NC(C2CCCCC2)C(=O)O1. The molecule has 0 aromatic rings. The molecule has 1 unspecified atom stereocenters. The smallest absolute Gasteiger partial charge is 0.375 e. The predicted octanol–water partition coefficient (Wildman–Crippen LogP) is 1.20. The van der Waals surface area contributed by atoms with E-state index in [1.54, 1.807) is 0 Å². The van der Waals surface area contributed by atoms with Crippen LogP contribution in [-0.2, 0) is 9.53 Å². The van der Waals surface area contributed by atoms with Crippen LogP contribution < -0.4 is 5.32 Å². The molecular weight excluding hydrogens is 170 g/mol. The first-order valence-electron chi connectivity index (χ1n) is 4.79. The second kappa shape index (κ2) is 3.36. The van der Waals surface area contributed by atoms with Crippen molar-refractivity contribution in [3.63, 3.8) is 0 Å². The molecule has 1 aliphatic heterocycles. The van der Waals surface area contributed by atoms with E-state index in [0.29, 0.717) is 5.92 Å². The van der Waals surface area contributed by atoms with Gasteiger partial charge < -0.3 is 10.1 Å². The second-order valence-electron chi connectivity index (χ2n) is 3.73. The number of hydrogen-bond donors (Lipinski definition) is 1. The van der Waals surface area contributed by atoms with Crippen LogP contribution in [0.25, 0.3) is 0 Å². The van der Waals surface area contributed by atoms with Crippen molar-refractivity contribution in [3.05, 3.63) is 0 Å². The normalized spacial score (nSPS) is 30.0. The standard InChI is InChI=1S/C9H13NO3/c11-8-7(10-9(12)13-8)6-4-2-1-3-5-6/h6-7H,1-5H2,(H,10,12). The highest BCUT2D eigenvalue weighted by Gasteiger charge is 2.38. The van der Waals surface area contributed by atoms with Crippen LogP contribution in [0, 0.1) is 5.92 Å². The van der Waals surface area contributed by atoms with Gasteiger partial charge in [0.1, 0.15) is 6.04 Å².